The van der Waals surface area contributed by atoms with Gasteiger partial charge in [-0.2, -0.15) is 0 Å². The highest BCUT2D eigenvalue weighted by molar-refractivity contribution is 5.96. The number of carboxylic acid groups (broad SMARTS) is 1. The van der Waals surface area contributed by atoms with Crippen molar-refractivity contribution < 1.29 is 24.5 Å². The molecule has 3 aromatic rings. The lowest BCUT2D eigenvalue weighted by Crippen LogP contribution is -2.43. The monoisotopic (exact) mass is 412 g/mol. The first-order valence-corrected chi connectivity index (χ1v) is 9.57. The van der Waals surface area contributed by atoms with E-state index in [2.05, 4.69) is 28.6 Å². The van der Waals surface area contributed by atoms with E-state index < -0.39 is 24.5 Å². The molecule has 0 saturated heterocycles. The van der Waals surface area contributed by atoms with Crippen molar-refractivity contribution in [3.05, 3.63) is 53.1 Å². The number of nitrogens with one attached hydrogen (secondary N) is 1. The lowest BCUT2D eigenvalue weighted by molar-refractivity contribution is -0.140. The van der Waals surface area contributed by atoms with Crippen LogP contribution in [-0.2, 0) is 11.3 Å². The Hall–Kier alpha value is -3.46. The maximum Gasteiger partial charge on any atom is 0.328 e. The van der Waals surface area contributed by atoms with Crippen molar-refractivity contribution >= 4 is 22.9 Å². The number of aliphatic carboxylic acids is 1. The fourth-order valence-corrected chi connectivity index (χ4v) is 2.92. The minimum atomic E-state index is -1.34. The second kappa shape index (κ2) is 9.36. The van der Waals surface area contributed by atoms with E-state index in [9.17, 15) is 9.59 Å². The summed E-state index contributed by atoms with van der Waals surface area (Å²) in [6.45, 7) is 4.56. The number of rotatable bonds is 9. The van der Waals surface area contributed by atoms with Gasteiger partial charge in [-0.25, -0.2) is 9.48 Å². The highest BCUT2D eigenvalue weighted by atomic mass is 16.5. The molecule has 2 aromatic carbocycles. The van der Waals surface area contributed by atoms with Crippen molar-refractivity contribution in [2.24, 2.45) is 0 Å². The maximum atomic E-state index is 12.0. The molecule has 1 unspecified atom stereocenters. The molecule has 0 aliphatic heterocycles. The second-order valence-electron chi connectivity index (χ2n) is 7.01. The first-order valence-electron chi connectivity index (χ1n) is 9.57. The number of carbonyl (C=O) groups excluding carboxylic acids is 1. The largest absolute Gasteiger partial charge is 0.494 e. The van der Waals surface area contributed by atoms with Crippen LogP contribution < -0.4 is 10.1 Å². The molecule has 9 heteroatoms. The van der Waals surface area contributed by atoms with Crippen LogP contribution in [0.25, 0.3) is 11.0 Å². The van der Waals surface area contributed by atoms with Crippen molar-refractivity contribution in [1.29, 1.82) is 0 Å². The Bertz CT molecular complexity index is 1050. The highest BCUT2D eigenvalue weighted by Crippen LogP contribution is 2.18. The van der Waals surface area contributed by atoms with E-state index in [1.807, 2.05) is 17.7 Å². The van der Waals surface area contributed by atoms with E-state index >= 15 is 0 Å². The molecule has 0 aliphatic carbocycles. The van der Waals surface area contributed by atoms with Crippen LogP contribution in [-0.4, -0.2) is 56.3 Å². The van der Waals surface area contributed by atoms with Crippen molar-refractivity contribution in [1.82, 2.24) is 20.3 Å². The summed E-state index contributed by atoms with van der Waals surface area (Å²) in [5.41, 5.74) is 4.53. The third-order valence-electron chi connectivity index (χ3n) is 4.81. The quantitative estimate of drug-likeness (QED) is 0.457. The van der Waals surface area contributed by atoms with Gasteiger partial charge in [0.05, 0.1) is 18.7 Å². The fraction of sp³-hybridized carbons (Fsp3) is 0.333. The van der Waals surface area contributed by atoms with Gasteiger partial charge in [-0.15, -0.1) is 5.10 Å². The molecule has 158 valence electrons. The molecule has 1 aromatic heterocycles. The molecule has 0 bridgehead atoms. The number of amides is 1. The number of hydrogen-bond acceptors (Lipinski definition) is 6. The van der Waals surface area contributed by atoms with Crippen LogP contribution in [0.4, 0.5) is 0 Å². The normalized spacial score (nSPS) is 12.0. The Labute approximate surface area is 173 Å². The number of aryl methyl sites for hydroxylation is 3. The molecule has 0 spiro atoms. The Morgan fingerprint density at radius 3 is 2.53 bits per heavy atom. The van der Waals surface area contributed by atoms with Crippen LogP contribution in [0.2, 0.25) is 0 Å². The van der Waals surface area contributed by atoms with E-state index in [4.69, 9.17) is 14.9 Å². The molecule has 0 aliphatic rings. The molecule has 1 atom stereocenters. The summed E-state index contributed by atoms with van der Waals surface area (Å²) < 4.78 is 7.57. The Morgan fingerprint density at radius 2 is 1.87 bits per heavy atom. The lowest BCUT2D eigenvalue weighted by Gasteiger charge is -2.12. The highest BCUT2D eigenvalue weighted by Gasteiger charge is 2.19. The number of aliphatic hydroxyl groups is 1. The predicted octanol–water partition coefficient (Wildman–Crippen LogP) is 1.69. The summed E-state index contributed by atoms with van der Waals surface area (Å²) in [6.07, 6.45) is 0.727. The predicted molar refractivity (Wildman–Crippen MR) is 110 cm³/mol. The van der Waals surface area contributed by atoms with Gasteiger partial charge < -0.3 is 20.3 Å². The Kier molecular flexibility index (Phi) is 6.63. The van der Waals surface area contributed by atoms with Gasteiger partial charge in [-0.1, -0.05) is 5.21 Å². The summed E-state index contributed by atoms with van der Waals surface area (Å²) in [7, 11) is 0. The molecule has 1 amide bonds. The van der Waals surface area contributed by atoms with Crippen LogP contribution in [0.1, 0.15) is 27.9 Å². The van der Waals surface area contributed by atoms with Crippen LogP contribution in [0.5, 0.6) is 5.75 Å². The minimum absolute atomic E-state index is 0.279. The smallest absolute Gasteiger partial charge is 0.328 e. The van der Waals surface area contributed by atoms with Crippen molar-refractivity contribution in [3.63, 3.8) is 0 Å². The summed E-state index contributed by atoms with van der Waals surface area (Å²) >= 11 is 0. The Morgan fingerprint density at radius 1 is 1.17 bits per heavy atom. The summed E-state index contributed by atoms with van der Waals surface area (Å²) in [5.74, 6) is -1.28. The average molecular weight is 412 g/mol. The number of aliphatic hydroxyl groups excluding tert-OH is 1. The van der Waals surface area contributed by atoms with E-state index in [1.54, 1.807) is 12.1 Å². The van der Waals surface area contributed by atoms with E-state index in [0.717, 1.165) is 17.5 Å². The molecular weight excluding hydrogens is 388 g/mol. The van der Waals surface area contributed by atoms with Gasteiger partial charge >= 0.3 is 5.97 Å². The van der Waals surface area contributed by atoms with Gasteiger partial charge in [0, 0.05) is 18.5 Å². The van der Waals surface area contributed by atoms with Crippen LogP contribution in [0.3, 0.4) is 0 Å². The number of nitrogens with zero attached hydrogens (tertiary/aromatic N) is 3. The molecule has 0 radical (unpaired) electrons. The number of ether oxygens (including phenoxy) is 1. The van der Waals surface area contributed by atoms with E-state index in [0.29, 0.717) is 18.9 Å². The third kappa shape index (κ3) is 4.93. The van der Waals surface area contributed by atoms with Gasteiger partial charge in [-0.05, 0) is 61.4 Å². The first kappa shape index (κ1) is 21.3. The lowest BCUT2D eigenvalue weighted by atomic mass is 10.1. The number of aromatic nitrogens is 3. The first-order chi connectivity index (χ1) is 14.4. The van der Waals surface area contributed by atoms with Crippen LogP contribution >= 0.6 is 0 Å². The molecule has 0 fully saturated rings. The van der Waals surface area contributed by atoms with Crippen molar-refractivity contribution in [2.45, 2.75) is 32.9 Å². The zero-order valence-electron chi connectivity index (χ0n) is 16.8. The summed E-state index contributed by atoms with van der Waals surface area (Å²) in [5, 5.41) is 28.5. The Balaban J connectivity index is 1.50. The number of carbonyl (C=O) groups is 2. The van der Waals surface area contributed by atoms with Crippen LogP contribution in [0.15, 0.2) is 36.4 Å². The van der Waals surface area contributed by atoms with Gasteiger partial charge in [0.25, 0.3) is 5.91 Å². The fourth-order valence-electron chi connectivity index (χ4n) is 2.92. The SMILES string of the molecule is Cc1cc2nnn(CCCOc3ccc(C(=O)NC(CO)C(=O)O)cc3)c2cc1C. The van der Waals surface area contributed by atoms with Crippen LogP contribution in [0, 0.1) is 13.8 Å². The standard InChI is InChI=1S/C21H24N4O5/c1-13-10-17-19(11-14(13)2)25(24-23-17)8-3-9-30-16-6-4-15(5-7-16)20(27)22-18(12-26)21(28)29/h4-7,10-11,18,26H,3,8-9,12H2,1-2H3,(H,22,27)(H,28,29). The number of carboxylic acids is 1. The zero-order chi connectivity index (χ0) is 21.7. The van der Waals surface area contributed by atoms with Crippen molar-refractivity contribution in [3.8, 4) is 5.75 Å². The van der Waals surface area contributed by atoms with Gasteiger partial charge in [0.2, 0.25) is 0 Å². The van der Waals surface area contributed by atoms with E-state index in [-0.39, 0.29) is 5.56 Å². The molecular formula is C21H24N4O5. The molecule has 1 heterocycles. The molecule has 0 saturated carbocycles. The van der Waals surface area contributed by atoms with Gasteiger partial charge in [0.15, 0.2) is 6.04 Å². The van der Waals surface area contributed by atoms with E-state index in [1.165, 1.54) is 23.3 Å². The maximum absolute atomic E-state index is 12.0. The number of fused-ring (bicyclic) bond motifs is 1. The van der Waals surface area contributed by atoms with Gasteiger partial charge in [0.1, 0.15) is 11.3 Å². The number of benzene rings is 2. The molecule has 9 nitrogen and oxygen atoms in total. The molecule has 3 rings (SSSR count). The molecule has 30 heavy (non-hydrogen) atoms. The minimum Gasteiger partial charge on any atom is -0.494 e. The zero-order valence-corrected chi connectivity index (χ0v) is 16.8. The van der Waals surface area contributed by atoms with Crippen molar-refractivity contribution in [2.75, 3.05) is 13.2 Å². The van der Waals surface area contributed by atoms with Gasteiger partial charge in [-0.3, -0.25) is 4.79 Å². The average Bonchev–Trinajstić information content (AvgIpc) is 3.11. The topological polar surface area (TPSA) is 127 Å². The second-order valence-corrected chi connectivity index (χ2v) is 7.01. The molecule has 3 N–H and O–H groups in total. The number of hydrogen-bond donors (Lipinski definition) is 3. The summed E-state index contributed by atoms with van der Waals surface area (Å²) in [4.78, 5) is 22.9. The third-order valence-corrected chi connectivity index (χ3v) is 4.81. The summed E-state index contributed by atoms with van der Waals surface area (Å²) in [6, 6.07) is 9.13.